The lowest BCUT2D eigenvalue weighted by Gasteiger charge is -2.18. The first kappa shape index (κ1) is 16.4. The maximum absolute atomic E-state index is 4.64. The average Bonchev–Trinajstić information content (AvgIpc) is 2.23. The van der Waals surface area contributed by atoms with Crippen LogP contribution in [0, 0.1) is 13.8 Å². The largest absolute Gasteiger partial charge is 0.310 e. The fraction of sp³-hybridized carbons (Fsp3) is 0.733. The second-order valence-electron chi connectivity index (χ2n) is 6.23. The first-order valence-corrected chi connectivity index (χ1v) is 7.88. The van der Waals surface area contributed by atoms with E-state index >= 15 is 0 Å². The summed E-state index contributed by atoms with van der Waals surface area (Å²) in [5.74, 6) is 1.83. The molecule has 1 heterocycles. The van der Waals surface area contributed by atoms with Gasteiger partial charge in [0.15, 0.2) is 0 Å². The Morgan fingerprint density at radius 1 is 1.11 bits per heavy atom. The van der Waals surface area contributed by atoms with Crippen LogP contribution in [-0.2, 0) is 12.3 Å². The molecule has 0 unspecified atom stereocenters. The van der Waals surface area contributed by atoms with Crippen molar-refractivity contribution in [3.05, 3.63) is 22.8 Å². The summed E-state index contributed by atoms with van der Waals surface area (Å²) in [6.45, 7) is 16.0. The molecule has 1 aromatic heterocycles. The molecule has 108 valence electrons. The quantitative estimate of drug-likeness (QED) is 0.894. The van der Waals surface area contributed by atoms with Crippen molar-refractivity contribution in [2.45, 2.75) is 71.6 Å². The minimum Gasteiger partial charge on any atom is -0.310 e. The highest BCUT2D eigenvalue weighted by Crippen LogP contribution is 2.26. The highest BCUT2D eigenvalue weighted by molar-refractivity contribution is 7.99. The third-order valence-electron chi connectivity index (χ3n) is 2.79. The Hall–Kier alpha value is -0.610. The van der Waals surface area contributed by atoms with Crippen LogP contribution in [0.2, 0.25) is 0 Å². The van der Waals surface area contributed by atoms with Crippen molar-refractivity contribution >= 4 is 11.8 Å². The SMILES string of the molecule is Cc1nc(CSC(C)(C)C)nc(C)c1CNC(C)C. The number of thioether (sulfide) groups is 1. The molecule has 0 saturated heterocycles. The number of hydrogen-bond donors (Lipinski definition) is 1. The van der Waals surface area contributed by atoms with Gasteiger partial charge in [-0.05, 0) is 13.8 Å². The second-order valence-corrected chi connectivity index (χ2v) is 8.03. The molecular formula is C15H27N3S. The number of nitrogens with zero attached hydrogens (tertiary/aromatic N) is 2. The molecule has 0 amide bonds. The zero-order chi connectivity index (χ0) is 14.6. The fourth-order valence-corrected chi connectivity index (χ4v) is 2.41. The summed E-state index contributed by atoms with van der Waals surface area (Å²) in [6, 6.07) is 0.481. The number of rotatable bonds is 5. The molecule has 0 aliphatic rings. The van der Waals surface area contributed by atoms with Crippen LogP contribution in [0.15, 0.2) is 0 Å². The Morgan fingerprint density at radius 2 is 1.63 bits per heavy atom. The lowest BCUT2D eigenvalue weighted by Crippen LogP contribution is -2.23. The van der Waals surface area contributed by atoms with E-state index in [1.807, 2.05) is 11.8 Å². The Balaban J connectivity index is 2.79. The van der Waals surface area contributed by atoms with E-state index in [2.05, 4.69) is 63.8 Å². The number of nitrogens with one attached hydrogen (secondary N) is 1. The number of hydrogen-bond acceptors (Lipinski definition) is 4. The van der Waals surface area contributed by atoms with E-state index in [4.69, 9.17) is 0 Å². The van der Waals surface area contributed by atoms with Gasteiger partial charge in [0.25, 0.3) is 0 Å². The highest BCUT2D eigenvalue weighted by atomic mass is 32.2. The molecule has 19 heavy (non-hydrogen) atoms. The molecule has 0 atom stereocenters. The third-order valence-corrected chi connectivity index (χ3v) is 4.06. The van der Waals surface area contributed by atoms with E-state index in [9.17, 15) is 0 Å². The Morgan fingerprint density at radius 3 is 2.05 bits per heavy atom. The minimum atomic E-state index is 0.253. The average molecular weight is 281 g/mol. The van der Waals surface area contributed by atoms with Crippen molar-refractivity contribution in [1.29, 1.82) is 0 Å². The van der Waals surface area contributed by atoms with Crippen molar-refractivity contribution in [3.8, 4) is 0 Å². The zero-order valence-electron chi connectivity index (χ0n) is 13.3. The van der Waals surface area contributed by atoms with Crippen molar-refractivity contribution in [1.82, 2.24) is 15.3 Å². The molecule has 4 heteroatoms. The summed E-state index contributed by atoms with van der Waals surface area (Å²) in [7, 11) is 0. The number of aryl methyl sites for hydroxylation is 2. The van der Waals surface area contributed by atoms with Crippen molar-refractivity contribution < 1.29 is 0 Å². The van der Waals surface area contributed by atoms with Gasteiger partial charge in [0.1, 0.15) is 5.82 Å². The van der Waals surface area contributed by atoms with Crippen LogP contribution in [0.3, 0.4) is 0 Å². The fourth-order valence-electron chi connectivity index (χ4n) is 1.72. The monoisotopic (exact) mass is 281 g/mol. The predicted octanol–water partition coefficient (Wildman–Crippen LogP) is 3.62. The van der Waals surface area contributed by atoms with E-state index in [-0.39, 0.29) is 4.75 Å². The normalized spacial score (nSPS) is 12.2. The molecule has 0 aliphatic heterocycles. The summed E-state index contributed by atoms with van der Waals surface area (Å²) in [5, 5.41) is 3.43. The van der Waals surface area contributed by atoms with Gasteiger partial charge in [0.2, 0.25) is 0 Å². The van der Waals surface area contributed by atoms with Gasteiger partial charge in [0.05, 0.1) is 5.75 Å². The van der Waals surface area contributed by atoms with Gasteiger partial charge in [-0.25, -0.2) is 9.97 Å². The standard InChI is InChI=1S/C15H27N3S/c1-10(2)16-8-13-11(3)17-14(18-12(13)4)9-19-15(5,6)7/h10,16H,8-9H2,1-7H3. The molecule has 0 spiro atoms. The van der Waals surface area contributed by atoms with Crippen LogP contribution in [-0.4, -0.2) is 20.8 Å². The molecule has 0 aromatic carbocycles. The van der Waals surface area contributed by atoms with Gasteiger partial charge in [-0.15, -0.1) is 11.8 Å². The molecule has 0 fully saturated rings. The zero-order valence-corrected chi connectivity index (χ0v) is 14.1. The molecule has 3 nitrogen and oxygen atoms in total. The molecule has 0 radical (unpaired) electrons. The molecule has 1 aromatic rings. The van der Waals surface area contributed by atoms with Crippen LogP contribution in [0.25, 0.3) is 0 Å². The molecule has 1 N–H and O–H groups in total. The number of aromatic nitrogens is 2. The molecule has 1 rings (SSSR count). The van der Waals surface area contributed by atoms with Crippen molar-refractivity contribution in [2.75, 3.05) is 0 Å². The summed E-state index contributed by atoms with van der Waals surface area (Å²) < 4.78 is 0.253. The summed E-state index contributed by atoms with van der Waals surface area (Å²) >= 11 is 1.89. The first-order chi connectivity index (χ1) is 8.69. The van der Waals surface area contributed by atoms with Gasteiger partial charge in [-0.2, -0.15) is 0 Å². The summed E-state index contributed by atoms with van der Waals surface area (Å²) in [4.78, 5) is 9.29. The lowest BCUT2D eigenvalue weighted by atomic mass is 10.1. The predicted molar refractivity (Wildman–Crippen MR) is 84.5 cm³/mol. The van der Waals surface area contributed by atoms with Crippen molar-refractivity contribution in [3.63, 3.8) is 0 Å². The van der Waals surface area contributed by atoms with E-state index < -0.39 is 0 Å². The van der Waals surface area contributed by atoms with Crippen LogP contribution < -0.4 is 5.32 Å². The molecule has 0 bridgehead atoms. The third kappa shape index (κ3) is 5.91. The van der Waals surface area contributed by atoms with E-state index in [0.29, 0.717) is 6.04 Å². The maximum Gasteiger partial charge on any atom is 0.138 e. The van der Waals surface area contributed by atoms with E-state index in [1.54, 1.807) is 0 Å². The highest BCUT2D eigenvalue weighted by Gasteiger charge is 2.14. The van der Waals surface area contributed by atoms with Crippen LogP contribution >= 0.6 is 11.8 Å². The Kier molecular flexibility index (Phi) is 5.81. The van der Waals surface area contributed by atoms with Gasteiger partial charge >= 0.3 is 0 Å². The van der Waals surface area contributed by atoms with Gasteiger partial charge in [-0.3, -0.25) is 0 Å². The molecule has 0 saturated carbocycles. The van der Waals surface area contributed by atoms with Gasteiger partial charge in [0, 0.05) is 34.3 Å². The molecular weight excluding hydrogens is 254 g/mol. The Labute approximate surface area is 122 Å². The van der Waals surface area contributed by atoms with Gasteiger partial charge in [-0.1, -0.05) is 34.6 Å². The molecule has 0 aliphatic carbocycles. The Bertz CT molecular complexity index is 399. The van der Waals surface area contributed by atoms with Crippen LogP contribution in [0.5, 0.6) is 0 Å². The first-order valence-electron chi connectivity index (χ1n) is 6.89. The summed E-state index contributed by atoms with van der Waals surface area (Å²) in [5.41, 5.74) is 3.44. The van der Waals surface area contributed by atoms with E-state index in [1.165, 1.54) is 5.56 Å². The lowest BCUT2D eigenvalue weighted by molar-refractivity contribution is 0.582. The smallest absolute Gasteiger partial charge is 0.138 e. The van der Waals surface area contributed by atoms with E-state index in [0.717, 1.165) is 29.5 Å². The second kappa shape index (κ2) is 6.71. The van der Waals surface area contributed by atoms with Crippen LogP contribution in [0.1, 0.15) is 57.4 Å². The topological polar surface area (TPSA) is 37.8 Å². The van der Waals surface area contributed by atoms with Gasteiger partial charge < -0.3 is 5.32 Å². The van der Waals surface area contributed by atoms with Crippen LogP contribution in [0.4, 0.5) is 0 Å². The summed E-state index contributed by atoms with van der Waals surface area (Å²) in [6.07, 6.45) is 0. The van der Waals surface area contributed by atoms with Crippen molar-refractivity contribution in [2.24, 2.45) is 0 Å². The maximum atomic E-state index is 4.64. The minimum absolute atomic E-state index is 0.253.